The van der Waals surface area contributed by atoms with Crippen molar-refractivity contribution in [2.75, 3.05) is 4.90 Å². The monoisotopic (exact) mass is 861 g/mol. The molecule has 316 valence electrons. The smallest absolute Gasteiger partial charge is 0.238 e. The molecule has 0 unspecified atom stereocenters. The van der Waals surface area contributed by atoms with E-state index in [9.17, 15) is 0 Å². The first-order valence-electron chi connectivity index (χ1n) is 22.7. The van der Waals surface area contributed by atoms with Crippen LogP contribution in [0.2, 0.25) is 0 Å². The van der Waals surface area contributed by atoms with Crippen LogP contribution in [0.1, 0.15) is 25.0 Å². The van der Waals surface area contributed by atoms with Crippen molar-refractivity contribution < 1.29 is 8.83 Å². The van der Waals surface area contributed by atoms with Crippen molar-refractivity contribution in [3.63, 3.8) is 0 Å². The Morgan fingerprint density at radius 1 is 0.433 bits per heavy atom. The highest BCUT2D eigenvalue weighted by Crippen LogP contribution is 2.50. The lowest BCUT2D eigenvalue weighted by molar-refractivity contribution is 0.660. The quantitative estimate of drug-likeness (QED) is 0.166. The maximum atomic E-state index is 6.54. The Morgan fingerprint density at radius 2 is 1.04 bits per heavy atom. The molecule has 0 aliphatic heterocycles. The maximum Gasteiger partial charge on any atom is 0.238 e. The summed E-state index contributed by atoms with van der Waals surface area (Å²) in [7, 11) is 0. The van der Waals surface area contributed by atoms with Crippen LogP contribution >= 0.6 is 0 Å². The first-order valence-corrected chi connectivity index (χ1v) is 22.7. The van der Waals surface area contributed by atoms with Gasteiger partial charge in [0.2, 0.25) is 5.95 Å². The van der Waals surface area contributed by atoms with Gasteiger partial charge in [0.1, 0.15) is 22.3 Å². The van der Waals surface area contributed by atoms with Gasteiger partial charge in [-0.3, -0.25) is 4.90 Å². The predicted octanol–water partition coefficient (Wildman–Crippen LogP) is 15.9. The highest BCUT2D eigenvalue weighted by atomic mass is 16.3. The largest absolute Gasteiger partial charge is 0.456 e. The molecule has 4 heterocycles. The van der Waals surface area contributed by atoms with Gasteiger partial charge in [0, 0.05) is 55.2 Å². The van der Waals surface area contributed by atoms with E-state index in [0.717, 1.165) is 88.5 Å². The van der Waals surface area contributed by atoms with E-state index in [1.54, 1.807) is 0 Å². The van der Waals surface area contributed by atoms with Gasteiger partial charge in [-0.15, -0.1) is 0 Å². The summed E-state index contributed by atoms with van der Waals surface area (Å²) in [5.74, 6) is 1.57. The lowest BCUT2D eigenvalue weighted by Crippen LogP contribution is -2.16. The maximum absolute atomic E-state index is 6.54. The molecule has 1 aliphatic carbocycles. The van der Waals surface area contributed by atoms with Crippen molar-refractivity contribution >= 4 is 83.0 Å². The number of anilines is 3. The number of benzene rings is 9. The van der Waals surface area contributed by atoms with Crippen LogP contribution in [0.3, 0.4) is 0 Å². The Kier molecular flexibility index (Phi) is 7.90. The predicted molar refractivity (Wildman–Crippen MR) is 272 cm³/mol. The van der Waals surface area contributed by atoms with Gasteiger partial charge in [-0.1, -0.05) is 141 Å². The molecule has 0 saturated carbocycles. The second-order valence-corrected chi connectivity index (χ2v) is 18.0. The van der Waals surface area contributed by atoms with E-state index in [4.69, 9.17) is 23.8 Å². The SMILES string of the molecule is CC1(C)c2ccccc2-c2cc(-c3nc(-c4ccc5c6ccccc6n(-c6ccccc6)c5c4)nc(N(c4ccc5c(c4)oc4ccccc45)c4cccc5oc6ccccc6c45)n3)ccc21. The Labute approximate surface area is 384 Å². The number of hydrogen-bond acceptors (Lipinski definition) is 6. The third-order valence-corrected chi connectivity index (χ3v) is 13.9. The molecular formula is C60H39N5O2. The van der Waals surface area contributed by atoms with Crippen molar-refractivity contribution in [2.24, 2.45) is 0 Å². The van der Waals surface area contributed by atoms with E-state index in [1.165, 1.54) is 27.6 Å². The molecule has 0 amide bonds. The lowest BCUT2D eigenvalue weighted by atomic mass is 9.82. The average molecular weight is 862 g/mol. The van der Waals surface area contributed by atoms with E-state index < -0.39 is 0 Å². The number of aromatic nitrogens is 4. The molecule has 7 heteroatoms. The highest BCUT2D eigenvalue weighted by Gasteiger charge is 2.35. The second-order valence-electron chi connectivity index (χ2n) is 18.0. The van der Waals surface area contributed by atoms with Gasteiger partial charge in [-0.05, 0) is 89.0 Å². The van der Waals surface area contributed by atoms with Crippen molar-refractivity contribution in [2.45, 2.75) is 19.3 Å². The molecule has 0 radical (unpaired) electrons. The number of para-hydroxylation sites is 4. The third-order valence-electron chi connectivity index (χ3n) is 13.9. The zero-order valence-electron chi connectivity index (χ0n) is 36.6. The van der Waals surface area contributed by atoms with E-state index >= 15 is 0 Å². The summed E-state index contributed by atoms with van der Waals surface area (Å²) in [6, 6.07) is 70.0. The van der Waals surface area contributed by atoms with Gasteiger partial charge in [-0.2, -0.15) is 9.97 Å². The van der Waals surface area contributed by atoms with Gasteiger partial charge in [0.15, 0.2) is 11.6 Å². The zero-order chi connectivity index (χ0) is 44.4. The third kappa shape index (κ3) is 5.61. The Morgan fingerprint density at radius 3 is 1.90 bits per heavy atom. The van der Waals surface area contributed by atoms with E-state index in [0.29, 0.717) is 17.6 Å². The first kappa shape index (κ1) is 37.6. The van der Waals surface area contributed by atoms with Gasteiger partial charge in [-0.25, -0.2) is 4.98 Å². The number of nitrogens with zero attached hydrogens (tertiary/aromatic N) is 5. The zero-order valence-corrected chi connectivity index (χ0v) is 36.6. The molecule has 0 spiro atoms. The molecule has 0 saturated heterocycles. The van der Waals surface area contributed by atoms with Gasteiger partial charge in [0.25, 0.3) is 0 Å². The minimum absolute atomic E-state index is 0.148. The standard InChI is InChI=1S/C60H39N5O2/c1-60(2)47-21-10-6-17-40(47)46-33-36(28-32-48(46)60)57-61-58(37-27-30-42-41-18-7-11-22-49(41)64(51(42)34-37)38-15-4-3-5-16-38)63-59(62-57)65(39-29-31-44-43-19-8-12-24-52(43)67-55(44)35-39)50-23-14-26-54-56(50)45-20-9-13-25-53(45)66-54/h3-35H,1-2H3. The summed E-state index contributed by atoms with van der Waals surface area (Å²) in [6.45, 7) is 4.61. The molecule has 0 N–H and O–H groups in total. The molecule has 13 aromatic rings. The van der Waals surface area contributed by atoms with Crippen LogP contribution in [-0.2, 0) is 5.41 Å². The lowest BCUT2D eigenvalue weighted by Gasteiger charge is -2.25. The van der Waals surface area contributed by atoms with Crippen LogP contribution < -0.4 is 4.90 Å². The minimum atomic E-state index is -0.148. The van der Waals surface area contributed by atoms with E-state index in [1.807, 2.05) is 42.5 Å². The topological polar surface area (TPSA) is 73.1 Å². The van der Waals surface area contributed by atoms with Crippen LogP contribution in [-0.4, -0.2) is 19.5 Å². The summed E-state index contributed by atoms with van der Waals surface area (Å²) in [5.41, 5.74) is 14.8. The summed E-state index contributed by atoms with van der Waals surface area (Å²) in [6.07, 6.45) is 0. The highest BCUT2D eigenvalue weighted by molar-refractivity contribution is 6.14. The molecule has 7 nitrogen and oxygen atoms in total. The van der Waals surface area contributed by atoms with Gasteiger partial charge in [0.05, 0.1) is 27.8 Å². The van der Waals surface area contributed by atoms with Crippen molar-refractivity contribution in [1.29, 1.82) is 0 Å². The van der Waals surface area contributed by atoms with Crippen molar-refractivity contribution in [3.8, 4) is 39.6 Å². The number of hydrogen-bond donors (Lipinski definition) is 0. The molecule has 9 aromatic carbocycles. The summed E-state index contributed by atoms with van der Waals surface area (Å²) >= 11 is 0. The van der Waals surface area contributed by atoms with E-state index in [-0.39, 0.29) is 5.41 Å². The van der Waals surface area contributed by atoms with Crippen LogP contribution in [0.4, 0.5) is 17.3 Å². The molecule has 4 aromatic heterocycles. The summed E-state index contributed by atoms with van der Waals surface area (Å²) in [4.78, 5) is 18.5. The van der Waals surface area contributed by atoms with E-state index in [2.05, 4.69) is 181 Å². The molecule has 0 atom stereocenters. The fourth-order valence-corrected chi connectivity index (χ4v) is 10.7. The normalized spacial score (nSPS) is 13.0. The van der Waals surface area contributed by atoms with Crippen LogP contribution in [0.25, 0.3) is 105 Å². The number of furan rings is 2. The van der Waals surface area contributed by atoms with Crippen LogP contribution in [0, 0.1) is 0 Å². The van der Waals surface area contributed by atoms with Crippen LogP contribution in [0.5, 0.6) is 0 Å². The van der Waals surface area contributed by atoms with Crippen LogP contribution in [0.15, 0.2) is 209 Å². The Balaban J connectivity index is 1.06. The fourth-order valence-electron chi connectivity index (χ4n) is 10.7. The number of fused-ring (bicyclic) bond motifs is 12. The molecule has 0 fully saturated rings. The Bertz CT molecular complexity index is 4160. The summed E-state index contributed by atoms with van der Waals surface area (Å²) < 4.78 is 15.4. The Hall–Kier alpha value is -8.81. The van der Waals surface area contributed by atoms with Crippen molar-refractivity contribution in [3.05, 3.63) is 211 Å². The minimum Gasteiger partial charge on any atom is -0.456 e. The van der Waals surface area contributed by atoms with Gasteiger partial charge < -0.3 is 13.4 Å². The molecular weight excluding hydrogens is 823 g/mol. The molecule has 0 bridgehead atoms. The average Bonchev–Trinajstić information content (AvgIpc) is 4.10. The van der Waals surface area contributed by atoms with Crippen molar-refractivity contribution in [1.82, 2.24) is 19.5 Å². The fraction of sp³-hybridized carbons (Fsp3) is 0.0500. The molecule has 67 heavy (non-hydrogen) atoms. The molecule has 1 aliphatic rings. The van der Waals surface area contributed by atoms with Gasteiger partial charge >= 0.3 is 0 Å². The molecule has 14 rings (SSSR count). The number of rotatable bonds is 6. The summed E-state index contributed by atoms with van der Waals surface area (Å²) in [5, 5.41) is 6.38. The first-order chi connectivity index (χ1) is 33.0. The second kappa shape index (κ2) is 14.1.